The van der Waals surface area contributed by atoms with Crippen molar-refractivity contribution in [3.05, 3.63) is 76.4 Å². The van der Waals surface area contributed by atoms with Gasteiger partial charge < -0.3 is 19.5 Å². The van der Waals surface area contributed by atoms with Gasteiger partial charge in [-0.25, -0.2) is 0 Å². The van der Waals surface area contributed by atoms with Crippen LogP contribution >= 0.6 is 0 Å². The first-order valence-electron chi connectivity index (χ1n) is 12.0. The van der Waals surface area contributed by atoms with E-state index in [0.29, 0.717) is 37.4 Å². The minimum Gasteiger partial charge on any atom is -0.379 e. The second-order valence-electron chi connectivity index (χ2n) is 10.0. The summed E-state index contributed by atoms with van der Waals surface area (Å²) in [7, 11) is 1.88. The fourth-order valence-corrected chi connectivity index (χ4v) is 5.56. The van der Waals surface area contributed by atoms with Crippen molar-refractivity contribution in [2.45, 2.75) is 36.9 Å². The second kappa shape index (κ2) is 8.41. The Morgan fingerprint density at radius 3 is 2.69 bits per heavy atom. The zero-order valence-electron chi connectivity index (χ0n) is 19.8. The number of benzene rings is 2. The Morgan fingerprint density at radius 1 is 1.22 bits per heavy atom. The molecule has 0 spiro atoms. The van der Waals surface area contributed by atoms with E-state index in [0.717, 1.165) is 24.4 Å². The molecule has 7 nitrogen and oxygen atoms in total. The number of carbonyl (C=O) groups excluding carboxylic acids is 1. The number of halogens is 3. The first kappa shape index (κ1) is 23.2. The van der Waals surface area contributed by atoms with Crippen LogP contribution in [0, 0.1) is 0 Å². The van der Waals surface area contributed by atoms with Crippen molar-refractivity contribution in [2.24, 2.45) is 7.05 Å². The zero-order valence-corrected chi connectivity index (χ0v) is 19.8. The van der Waals surface area contributed by atoms with Crippen LogP contribution < -0.4 is 10.2 Å². The van der Waals surface area contributed by atoms with Crippen molar-refractivity contribution in [3.63, 3.8) is 0 Å². The van der Waals surface area contributed by atoms with Crippen LogP contribution in [0.1, 0.15) is 50.8 Å². The van der Waals surface area contributed by atoms with Gasteiger partial charge >= 0.3 is 6.18 Å². The number of fused-ring (bicyclic) bond motifs is 1. The van der Waals surface area contributed by atoms with Crippen molar-refractivity contribution in [1.82, 2.24) is 20.1 Å². The van der Waals surface area contributed by atoms with Crippen LogP contribution in [0.4, 0.5) is 18.9 Å². The molecule has 3 aliphatic rings. The standard InChI is InChI=1S/C26H26F3N5O2/c1-33-15-31-32-23(33)10-25(13-36-14-25)18-3-2-4-19(9-18)34-12-21-20(24(34)35)7-17(16-5-6-30-11-16)8-22(21)26(27,28)29/h2-4,7-9,15-16,30H,5-6,10-14H2,1H3/t16-/m1/s1. The van der Waals surface area contributed by atoms with Crippen molar-refractivity contribution in [2.75, 3.05) is 31.2 Å². The van der Waals surface area contributed by atoms with Crippen LogP contribution in [0.15, 0.2) is 42.7 Å². The van der Waals surface area contributed by atoms with Crippen LogP contribution in [-0.4, -0.2) is 47.0 Å². The molecule has 6 rings (SSSR count). The Bertz CT molecular complexity index is 1330. The molecule has 2 aromatic carbocycles. The molecule has 36 heavy (non-hydrogen) atoms. The lowest BCUT2D eigenvalue weighted by molar-refractivity contribution is -0.138. The van der Waals surface area contributed by atoms with Crippen LogP contribution in [0.25, 0.3) is 0 Å². The molecule has 0 unspecified atom stereocenters. The Balaban J connectivity index is 1.35. The highest BCUT2D eigenvalue weighted by Gasteiger charge is 2.44. The minimum absolute atomic E-state index is 0.0272. The van der Waals surface area contributed by atoms with E-state index in [4.69, 9.17) is 4.74 Å². The van der Waals surface area contributed by atoms with E-state index in [-0.39, 0.29) is 29.0 Å². The Hall–Kier alpha value is -3.24. The lowest BCUT2D eigenvalue weighted by Crippen LogP contribution is -2.49. The number of aryl methyl sites for hydroxylation is 1. The molecule has 4 heterocycles. The molecule has 1 atom stereocenters. The maximum Gasteiger partial charge on any atom is 0.416 e. The van der Waals surface area contributed by atoms with Gasteiger partial charge in [-0.05, 0) is 59.8 Å². The third-order valence-electron chi connectivity index (χ3n) is 7.73. The molecule has 1 amide bonds. The monoisotopic (exact) mass is 497 g/mol. The van der Waals surface area contributed by atoms with E-state index in [1.165, 1.54) is 11.0 Å². The molecule has 0 saturated carbocycles. The molecule has 2 saturated heterocycles. The van der Waals surface area contributed by atoms with Crippen LogP contribution in [0.3, 0.4) is 0 Å². The second-order valence-corrected chi connectivity index (χ2v) is 10.0. The van der Waals surface area contributed by atoms with Crippen molar-refractivity contribution in [3.8, 4) is 0 Å². The summed E-state index contributed by atoms with van der Waals surface area (Å²) in [5, 5.41) is 11.4. The predicted molar refractivity (Wildman–Crippen MR) is 126 cm³/mol. The number of aromatic nitrogens is 3. The number of rotatable bonds is 5. The summed E-state index contributed by atoms with van der Waals surface area (Å²) in [5.74, 6) is 0.394. The summed E-state index contributed by atoms with van der Waals surface area (Å²) in [6.07, 6.45) is -1.52. The topological polar surface area (TPSA) is 72.3 Å². The number of nitrogens with one attached hydrogen (secondary N) is 1. The molecular weight excluding hydrogens is 471 g/mol. The average Bonchev–Trinajstić information content (AvgIpc) is 3.57. The number of alkyl halides is 3. The fourth-order valence-electron chi connectivity index (χ4n) is 5.56. The lowest BCUT2D eigenvalue weighted by Gasteiger charge is -2.42. The number of anilines is 1. The number of carbonyl (C=O) groups is 1. The summed E-state index contributed by atoms with van der Waals surface area (Å²) < 4.78 is 49.7. The zero-order chi connectivity index (χ0) is 25.1. The van der Waals surface area contributed by atoms with Crippen LogP contribution in [0.2, 0.25) is 0 Å². The van der Waals surface area contributed by atoms with Gasteiger partial charge in [-0.2, -0.15) is 13.2 Å². The SMILES string of the molecule is Cn1cnnc1CC1(c2cccc(N3Cc4c(cc([C@@H]5CCNC5)cc4C(F)(F)F)C3=O)c2)COC1. The van der Waals surface area contributed by atoms with Crippen molar-refractivity contribution < 1.29 is 22.7 Å². The van der Waals surface area contributed by atoms with Gasteiger partial charge in [-0.15, -0.1) is 10.2 Å². The molecule has 1 aromatic heterocycles. The quantitative estimate of drug-likeness (QED) is 0.584. The molecule has 3 aromatic rings. The molecule has 188 valence electrons. The molecule has 2 fully saturated rings. The van der Waals surface area contributed by atoms with Crippen molar-refractivity contribution in [1.29, 1.82) is 0 Å². The van der Waals surface area contributed by atoms with Gasteiger partial charge in [0.05, 0.1) is 25.3 Å². The highest BCUT2D eigenvalue weighted by atomic mass is 19.4. The number of hydrogen-bond donors (Lipinski definition) is 1. The fraction of sp³-hybridized carbons (Fsp3) is 0.423. The molecule has 1 N–H and O–H groups in total. The molecule has 3 aliphatic heterocycles. The molecule has 0 bridgehead atoms. The Labute approximate surface area is 206 Å². The van der Waals surface area contributed by atoms with Crippen LogP contribution in [0.5, 0.6) is 0 Å². The van der Waals surface area contributed by atoms with E-state index in [9.17, 15) is 18.0 Å². The third kappa shape index (κ3) is 3.79. The average molecular weight is 498 g/mol. The van der Waals surface area contributed by atoms with E-state index in [1.54, 1.807) is 18.5 Å². The summed E-state index contributed by atoms with van der Waals surface area (Å²) in [6, 6.07) is 10.4. The van der Waals surface area contributed by atoms with Gasteiger partial charge in [0.25, 0.3) is 5.91 Å². The molecule has 0 radical (unpaired) electrons. The van der Waals surface area contributed by atoms with Gasteiger partial charge in [0.15, 0.2) is 0 Å². The van der Waals surface area contributed by atoms with Crippen molar-refractivity contribution >= 4 is 11.6 Å². The summed E-state index contributed by atoms with van der Waals surface area (Å²) in [6.45, 7) is 2.26. The number of nitrogens with zero attached hydrogens (tertiary/aromatic N) is 4. The summed E-state index contributed by atoms with van der Waals surface area (Å²) >= 11 is 0. The van der Waals surface area contributed by atoms with E-state index in [1.807, 2.05) is 29.8 Å². The number of hydrogen-bond acceptors (Lipinski definition) is 5. The highest BCUT2D eigenvalue weighted by Crippen LogP contribution is 2.42. The van der Waals surface area contributed by atoms with Gasteiger partial charge in [-0.1, -0.05) is 12.1 Å². The normalized spacial score (nSPS) is 21.1. The maximum atomic E-state index is 14.1. The van der Waals surface area contributed by atoms with Gasteiger partial charge in [0.1, 0.15) is 12.2 Å². The predicted octanol–water partition coefficient (Wildman–Crippen LogP) is 3.58. The van der Waals surface area contributed by atoms with Gasteiger partial charge in [0, 0.05) is 36.7 Å². The van der Waals surface area contributed by atoms with Gasteiger partial charge in [0.2, 0.25) is 0 Å². The summed E-state index contributed by atoms with van der Waals surface area (Å²) in [5.41, 5.74) is 1.28. The van der Waals surface area contributed by atoms with Gasteiger partial charge in [-0.3, -0.25) is 4.79 Å². The summed E-state index contributed by atoms with van der Waals surface area (Å²) in [4.78, 5) is 14.9. The first-order valence-corrected chi connectivity index (χ1v) is 12.0. The minimum atomic E-state index is -4.53. The smallest absolute Gasteiger partial charge is 0.379 e. The highest BCUT2D eigenvalue weighted by molar-refractivity contribution is 6.10. The maximum absolute atomic E-state index is 14.1. The number of ether oxygens (including phenoxy) is 1. The third-order valence-corrected chi connectivity index (χ3v) is 7.73. The lowest BCUT2D eigenvalue weighted by atomic mass is 9.75. The first-order chi connectivity index (χ1) is 17.2. The van der Waals surface area contributed by atoms with E-state index < -0.39 is 17.6 Å². The Morgan fingerprint density at radius 2 is 2.06 bits per heavy atom. The molecular formula is C26H26F3N5O2. The molecule has 0 aliphatic carbocycles. The number of amides is 1. The Kier molecular flexibility index (Phi) is 5.42. The van der Waals surface area contributed by atoms with E-state index in [2.05, 4.69) is 15.5 Å². The van der Waals surface area contributed by atoms with E-state index >= 15 is 0 Å². The van der Waals surface area contributed by atoms with Crippen LogP contribution in [-0.2, 0) is 36.3 Å². The largest absolute Gasteiger partial charge is 0.416 e. The molecule has 10 heteroatoms.